The molecule has 0 spiro atoms. The standard InChI is InChI=1S/C15H16N2O4/c1-10-7-13(4-3-11(10)9-16)21-15-6-5-12(20-2)8-14(15)17(18)19/h3-8H,9,16H2,1-2H3. The highest BCUT2D eigenvalue weighted by molar-refractivity contribution is 5.52. The number of nitrogens with two attached hydrogens (primary N) is 1. The molecule has 0 amide bonds. The maximum atomic E-state index is 11.1. The van der Waals surface area contributed by atoms with Crippen LogP contribution in [0.2, 0.25) is 0 Å². The maximum absolute atomic E-state index is 11.1. The molecular formula is C15H16N2O4. The molecule has 0 bridgehead atoms. The predicted molar refractivity (Wildman–Crippen MR) is 78.8 cm³/mol. The van der Waals surface area contributed by atoms with Gasteiger partial charge in [-0.15, -0.1) is 0 Å². The van der Waals surface area contributed by atoms with Gasteiger partial charge in [0.2, 0.25) is 5.75 Å². The van der Waals surface area contributed by atoms with Crippen LogP contribution in [0.3, 0.4) is 0 Å². The molecule has 6 nitrogen and oxygen atoms in total. The fraction of sp³-hybridized carbons (Fsp3) is 0.200. The summed E-state index contributed by atoms with van der Waals surface area (Å²) >= 11 is 0. The average Bonchev–Trinajstić information content (AvgIpc) is 2.47. The predicted octanol–water partition coefficient (Wildman–Crippen LogP) is 3.16. The first-order valence-corrected chi connectivity index (χ1v) is 6.35. The van der Waals surface area contributed by atoms with Crippen molar-refractivity contribution < 1.29 is 14.4 Å². The molecule has 0 aromatic heterocycles. The Bertz CT molecular complexity index is 671. The van der Waals surface area contributed by atoms with Crippen LogP contribution in [0.15, 0.2) is 36.4 Å². The normalized spacial score (nSPS) is 10.2. The minimum atomic E-state index is -0.501. The van der Waals surface area contributed by atoms with Crippen molar-refractivity contribution in [2.75, 3.05) is 7.11 Å². The molecule has 2 N–H and O–H groups in total. The van der Waals surface area contributed by atoms with Gasteiger partial charge in [0.1, 0.15) is 11.5 Å². The van der Waals surface area contributed by atoms with Gasteiger partial charge in [-0.2, -0.15) is 0 Å². The van der Waals surface area contributed by atoms with Crippen molar-refractivity contribution in [2.24, 2.45) is 5.73 Å². The zero-order valence-electron chi connectivity index (χ0n) is 11.8. The van der Waals surface area contributed by atoms with Gasteiger partial charge in [0.15, 0.2) is 0 Å². The molecule has 2 aromatic carbocycles. The van der Waals surface area contributed by atoms with Crippen molar-refractivity contribution in [3.8, 4) is 17.2 Å². The monoisotopic (exact) mass is 288 g/mol. The lowest BCUT2D eigenvalue weighted by molar-refractivity contribution is -0.385. The Labute approximate surface area is 122 Å². The first kappa shape index (κ1) is 14.8. The summed E-state index contributed by atoms with van der Waals surface area (Å²) in [4.78, 5) is 10.6. The van der Waals surface area contributed by atoms with Crippen LogP contribution in [0, 0.1) is 17.0 Å². The van der Waals surface area contributed by atoms with E-state index < -0.39 is 4.92 Å². The van der Waals surface area contributed by atoms with Gasteiger partial charge in [-0.05, 0) is 42.3 Å². The smallest absolute Gasteiger partial charge is 0.315 e. The van der Waals surface area contributed by atoms with Crippen LogP contribution in [0.5, 0.6) is 17.2 Å². The van der Waals surface area contributed by atoms with Crippen LogP contribution >= 0.6 is 0 Å². The Hall–Kier alpha value is -2.60. The van der Waals surface area contributed by atoms with E-state index in [1.54, 1.807) is 18.2 Å². The molecule has 2 rings (SSSR count). The van der Waals surface area contributed by atoms with Crippen molar-refractivity contribution >= 4 is 5.69 Å². The Balaban J connectivity index is 2.35. The number of nitrogens with zero attached hydrogens (tertiary/aromatic N) is 1. The molecule has 0 aliphatic rings. The molecule has 0 aliphatic carbocycles. The van der Waals surface area contributed by atoms with Crippen molar-refractivity contribution in [2.45, 2.75) is 13.5 Å². The quantitative estimate of drug-likeness (QED) is 0.674. The van der Waals surface area contributed by atoms with Gasteiger partial charge in [-0.3, -0.25) is 10.1 Å². The summed E-state index contributed by atoms with van der Waals surface area (Å²) in [6.45, 7) is 2.35. The van der Waals surface area contributed by atoms with Crippen molar-refractivity contribution in [3.63, 3.8) is 0 Å². The lowest BCUT2D eigenvalue weighted by atomic mass is 10.1. The Morgan fingerprint density at radius 3 is 2.48 bits per heavy atom. The molecule has 0 fully saturated rings. The number of ether oxygens (including phenoxy) is 2. The highest BCUT2D eigenvalue weighted by atomic mass is 16.6. The molecule has 0 unspecified atom stereocenters. The number of methoxy groups -OCH3 is 1. The molecule has 110 valence electrons. The first-order chi connectivity index (χ1) is 10.0. The number of nitro groups is 1. The van der Waals surface area contributed by atoms with E-state index in [0.29, 0.717) is 18.0 Å². The van der Waals surface area contributed by atoms with Gasteiger partial charge in [0.25, 0.3) is 0 Å². The van der Waals surface area contributed by atoms with Gasteiger partial charge in [0.05, 0.1) is 18.1 Å². The van der Waals surface area contributed by atoms with E-state index in [0.717, 1.165) is 11.1 Å². The van der Waals surface area contributed by atoms with E-state index in [1.165, 1.54) is 19.2 Å². The molecule has 0 saturated heterocycles. The average molecular weight is 288 g/mol. The summed E-state index contributed by atoms with van der Waals surface area (Å²) in [5.41, 5.74) is 7.45. The lowest BCUT2D eigenvalue weighted by Gasteiger charge is -2.10. The second-order valence-electron chi connectivity index (χ2n) is 4.49. The molecule has 21 heavy (non-hydrogen) atoms. The van der Waals surface area contributed by atoms with Crippen LogP contribution in [-0.4, -0.2) is 12.0 Å². The third-order valence-electron chi connectivity index (χ3n) is 3.12. The SMILES string of the molecule is COc1ccc(Oc2ccc(CN)c(C)c2)c([N+](=O)[O-])c1. The summed E-state index contributed by atoms with van der Waals surface area (Å²) in [6, 6.07) is 9.85. The first-order valence-electron chi connectivity index (χ1n) is 6.35. The van der Waals surface area contributed by atoms with Crippen molar-refractivity contribution in [3.05, 3.63) is 57.6 Å². The van der Waals surface area contributed by atoms with E-state index in [2.05, 4.69) is 0 Å². The summed E-state index contributed by atoms with van der Waals surface area (Å²) in [7, 11) is 1.45. The van der Waals surface area contributed by atoms with Crippen LogP contribution in [0.4, 0.5) is 5.69 Å². The van der Waals surface area contributed by atoms with E-state index in [1.807, 2.05) is 13.0 Å². The lowest BCUT2D eigenvalue weighted by Crippen LogP contribution is -1.99. The highest BCUT2D eigenvalue weighted by Gasteiger charge is 2.17. The fourth-order valence-electron chi connectivity index (χ4n) is 1.94. The van der Waals surface area contributed by atoms with Gasteiger partial charge in [0, 0.05) is 6.54 Å². The zero-order valence-corrected chi connectivity index (χ0v) is 11.8. The third-order valence-corrected chi connectivity index (χ3v) is 3.12. The number of benzene rings is 2. The van der Waals surface area contributed by atoms with Crippen LogP contribution in [0.25, 0.3) is 0 Å². The van der Waals surface area contributed by atoms with Gasteiger partial charge >= 0.3 is 5.69 Å². The minimum absolute atomic E-state index is 0.144. The van der Waals surface area contributed by atoms with Crippen molar-refractivity contribution in [1.29, 1.82) is 0 Å². The molecule has 2 aromatic rings. The Morgan fingerprint density at radius 1 is 1.19 bits per heavy atom. The van der Waals surface area contributed by atoms with Crippen LogP contribution in [-0.2, 0) is 6.54 Å². The zero-order chi connectivity index (χ0) is 15.4. The molecule has 0 atom stereocenters. The van der Waals surface area contributed by atoms with Gasteiger partial charge in [-0.25, -0.2) is 0 Å². The second kappa shape index (κ2) is 6.23. The molecule has 6 heteroatoms. The summed E-state index contributed by atoms with van der Waals surface area (Å²) < 4.78 is 10.6. The van der Waals surface area contributed by atoms with E-state index in [4.69, 9.17) is 15.2 Å². The van der Waals surface area contributed by atoms with Crippen LogP contribution < -0.4 is 15.2 Å². The summed E-state index contributed by atoms with van der Waals surface area (Å²) in [5.74, 6) is 1.10. The van der Waals surface area contributed by atoms with E-state index >= 15 is 0 Å². The summed E-state index contributed by atoms with van der Waals surface area (Å²) in [6.07, 6.45) is 0. The molecule has 0 aliphatic heterocycles. The molecule has 0 radical (unpaired) electrons. The third kappa shape index (κ3) is 3.29. The second-order valence-corrected chi connectivity index (χ2v) is 4.49. The topological polar surface area (TPSA) is 87.6 Å². The largest absolute Gasteiger partial charge is 0.496 e. The molecule has 0 saturated carbocycles. The van der Waals surface area contributed by atoms with E-state index in [9.17, 15) is 10.1 Å². The van der Waals surface area contributed by atoms with Gasteiger partial charge in [-0.1, -0.05) is 6.07 Å². The van der Waals surface area contributed by atoms with Crippen LogP contribution in [0.1, 0.15) is 11.1 Å². The van der Waals surface area contributed by atoms with E-state index in [-0.39, 0.29) is 11.4 Å². The number of hydrogen-bond donors (Lipinski definition) is 1. The van der Waals surface area contributed by atoms with Gasteiger partial charge < -0.3 is 15.2 Å². The van der Waals surface area contributed by atoms with Crippen molar-refractivity contribution in [1.82, 2.24) is 0 Å². The fourth-order valence-corrected chi connectivity index (χ4v) is 1.94. The Morgan fingerprint density at radius 2 is 1.90 bits per heavy atom. The molecule has 0 heterocycles. The number of hydrogen-bond acceptors (Lipinski definition) is 5. The maximum Gasteiger partial charge on any atom is 0.315 e. The number of rotatable bonds is 5. The summed E-state index contributed by atoms with van der Waals surface area (Å²) in [5, 5.41) is 11.1. The molecular weight excluding hydrogens is 272 g/mol. The number of aryl methyl sites for hydroxylation is 1. The highest BCUT2D eigenvalue weighted by Crippen LogP contribution is 2.34. The minimum Gasteiger partial charge on any atom is -0.496 e. The Kier molecular flexibility index (Phi) is 4.39. The number of nitro benzene ring substituents is 1.